The monoisotopic (exact) mass is 299 g/mol. The molecule has 2 fully saturated rings. The van der Waals surface area contributed by atoms with Gasteiger partial charge in [0.05, 0.1) is 0 Å². The molecule has 0 bridgehead atoms. The number of rotatable bonds is 2. The second kappa shape index (κ2) is 6.22. The minimum Gasteiger partial charge on any atom is -0.480 e. The Hall–Kier alpha value is -1.30. The molecule has 2 heterocycles. The zero-order chi connectivity index (χ0) is 15.6. The minimum atomic E-state index is -0.935. The first-order valence-corrected chi connectivity index (χ1v) is 7.60. The first-order valence-electron chi connectivity index (χ1n) is 7.60. The Morgan fingerprint density at radius 1 is 1.19 bits per heavy atom. The third-order valence-corrected chi connectivity index (χ3v) is 4.20. The Morgan fingerprint density at radius 3 is 2.33 bits per heavy atom. The molecular weight excluding hydrogens is 274 g/mol. The van der Waals surface area contributed by atoms with E-state index >= 15 is 0 Å². The van der Waals surface area contributed by atoms with Gasteiger partial charge in [0.1, 0.15) is 11.6 Å². The smallest absolute Gasteiger partial charge is 0.411 e. The van der Waals surface area contributed by atoms with E-state index in [-0.39, 0.29) is 5.92 Å². The number of hydrogen-bond acceptors (Lipinski definition) is 4. The van der Waals surface area contributed by atoms with Gasteiger partial charge in [0, 0.05) is 19.8 Å². The fourth-order valence-corrected chi connectivity index (χ4v) is 3.30. The minimum absolute atomic E-state index is 0.00100. The average molecular weight is 299 g/mol. The number of ether oxygens (including phenoxy) is 2. The molecule has 0 aromatic carbocycles. The standard InChI is InChI=1S/C15H25NO5/c1-15(2,3)21-14(19)16-7-4-11(12(16)13(17)18)10-5-8-20-9-6-10/h10-12H,4-9H2,1-3H3,(H,17,18). The number of carboxylic acids is 1. The maximum Gasteiger partial charge on any atom is 0.411 e. The maximum atomic E-state index is 12.2. The van der Waals surface area contributed by atoms with Crippen LogP contribution in [0.1, 0.15) is 40.0 Å². The highest BCUT2D eigenvalue weighted by atomic mass is 16.6. The van der Waals surface area contributed by atoms with E-state index in [9.17, 15) is 14.7 Å². The van der Waals surface area contributed by atoms with Crippen LogP contribution in [-0.2, 0) is 14.3 Å². The summed E-state index contributed by atoms with van der Waals surface area (Å²) in [4.78, 5) is 25.3. The van der Waals surface area contributed by atoms with Crippen LogP contribution in [0.25, 0.3) is 0 Å². The average Bonchev–Trinajstić information content (AvgIpc) is 2.82. The Kier molecular flexibility index (Phi) is 4.76. The normalized spacial score (nSPS) is 27.7. The second-order valence-electron chi connectivity index (χ2n) is 6.86. The van der Waals surface area contributed by atoms with Gasteiger partial charge in [0.15, 0.2) is 0 Å². The molecule has 0 spiro atoms. The Morgan fingerprint density at radius 2 is 1.81 bits per heavy atom. The fourth-order valence-electron chi connectivity index (χ4n) is 3.30. The van der Waals surface area contributed by atoms with E-state index in [1.165, 1.54) is 4.90 Å². The molecule has 2 rings (SSSR count). The lowest BCUT2D eigenvalue weighted by Gasteiger charge is -2.32. The van der Waals surface area contributed by atoms with E-state index in [2.05, 4.69) is 0 Å². The van der Waals surface area contributed by atoms with Gasteiger partial charge in [-0.2, -0.15) is 0 Å². The summed E-state index contributed by atoms with van der Waals surface area (Å²) in [5.74, 6) is -0.624. The molecule has 21 heavy (non-hydrogen) atoms. The molecule has 2 saturated heterocycles. The van der Waals surface area contributed by atoms with Crippen LogP contribution in [0.2, 0.25) is 0 Å². The summed E-state index contributed by atoms with van der Waals surface area (Å²) in [6, 6.07) is -0.775. The van der Waals surface area contributed by atoms with Crippen LogP contribution in [0.15, 0.2) is 0 Å². The lowest BCUT2D eigenvalue weighted by Crippen LogP contribution is -2.47. The van der Waals surface area contributed by atoms with Gasteiger partial charge in [-0.05, 0) is 51.9 Å². The van der Waals surface area contributed by atoms with Gasteiger partial charge in [0.25, 0.3) is 0 Å². The fraction of sp³-hybridized carbons (Fsp3) is 0.867. The predicted octanol–water partition coefficient (Wildman–Crippen LogP) is 2.12. The topological polar surface area (TPSA) is 76.1 Å². The highest BCUT2D eigenvalue weighted by molar-refractivity contribution is 5.81. The van der Waals surface area contributed by atoms with Crippen molar-refractivity contribution in [2.24, 2.45) is 11.8 Å². The third-order valence-electron chi connectivity index (χ3n) is 4.20. The summed E-state index contributed by atoms with van der Waals surface area (Å²) in [6.07, 6.45) is 1.94. The van der Waals surface area contributed by atoms with Gasteiger partial charge >= 0.3 is 12.1 Å². The van der Waals surface area contributed by atoms with Gasteiger partial charge in [-0.25, -0.2) is 9.59 Å². The number of hydrogen-bond donors (Lipinski definition) is 1. The Bertz CT molecular complexity index is 397. The molecule has 6 heteroatoms. The molecule has 2 atom stereocenters. The quantitative estimate of drug-likeness (QED) is 0.845. The SMILES string of the molecule is CC(C)(C)OC(=O)N1CCC(C2CCOCC2)C1C(=O)O. The molecule has 1 N–H and O–H groups in total. The van der Waals surface area contributed by atoms with Crippen molar-refractivity contribution in [2.45, 2.75) is 51.7 Å². The van der Waals surface area contributed by atoms with Crippen LogP contribution in [0, 0.1) is 11.8 Å². The summed E-state index contributed by atoms with van der Waals surface area (Å²) in [6.45, 7) is 7.17. The van der Waals surface area contributed by atoms with Crippen molar-refractivity contribution in [1.82, 2.24) is 4.90 Å². The Balaban J connectivity index is 2.09. The Labute approximate surface area is 125 Å². The number of nitrogens with zero attached hydrogens (tertiary/aromatic N) is 1. The van der Waals surface area contributed by atoms with Crippen molar-refractivity contribution in [3.05, 3.63) is 0 Å². The molecule has 6 nitrogen and oxygen atoms in total. The largest absolute Gasteiger partial charge is 0.480 e. The van der Waals surface area contributed by atoms with E-state index in [1.807, 2.05) is 0 Å². The summed E-state index contributed by atoms with van der Waals surface area (Å²) in [7, 11) is 0. The van der Waals surface area contributed by atoms with Gasteiger partial charge in [0.2, 0.25) is 0 Å². The predicted molar refractivity (Wildman–Crippen MR) is 76.0 cm³/mol. The summed E-state index contributed by atoms with van der Waals surface area (Å²) >= 11 is 0. The number of amides is 1. The molecule has 0 saturated carbocycles. The summed E-state index contributed by atoms with van der Waals surface area (Å²) in [5.41, 5.74) is -0.614. The van der Waals surface area contributed by atoms with Gasteiger partial charge in [-0.15, -0.1) is 0 Å². The van der Waals surface area contributed by atoms with Crippen molar-refractivity contribution in [3.8, 4) is 0 Å². The van der Waals surface area contributed by atoms with E-state index in [0.717, 1.165) is 19.3 Å². The molecule has 1 amide bonds. The molecule has 2 unspecified atom stereocenters. The molecule has 2 aliphatic heterocycles. The number of carbonyl (C=O) groups is 2. The third kappa shape index (κ3) is 3.87. The van der Waals surface area contributed by atoms with E-state index in [1.54, 1.807) is 20.8 Å². The van der Waals surface area contributed by atoms with Crippen molar-refractivity contribution in [2.75, 3.05) is 19.8 Å². The van der Waals surface area contributed by atoms with Gasteiger partial charge in [-0.3, -0.25) is 4.90 Å². The van der Waals surface area contributed by atoms with E-state index in [0.29, 0.717) is 25.7 Å². The van der Waals surface area contributed by atoms with Gasteiger partial charge < -0.3 is 14.6 Å². The first kappa shape index (κ1) is 16.1. The number of carbonyl (C=O) groups excluding carboxylic acids is 1. The van der Waals surface area contributed by atoms with E-state index < -0.39 is 23.7 Å². The van der Waals surface area contributed by atoms with Crippen LogP contribution in [0.3, 0.4) is 0 Å². The molecule has 2 aliphatic rings. The zero-order valence-corrected chi connectivity index (χ0v) is 13.0. The van der Waals surface area contributed by atoms with E-state index in [4.69, 9.17) is 9.47 Å². The molecule has 0 radical (unpaired) electrons. The van der Waals surface area contributed by atoms with Crippen molar-refractivity contribution in [3.63, 3.8) is 0 Å². The van der Waals surface area contributed by atoms with Crippen LogP contribution in [0.5, 0.6) is 0 Å². The maximum absolute atomic E-state index is 12.2. The van der Waals surface area contributed by atoms with Crippen LogP contribution < -0.4 is 0 Å². The number of carboxylic acid groups (broad SMARTS) is 1. The second-order valence-corrected chi connectivity index (χ2v) is 6.86. The molecule has 120 valence electrons. The number of likely N-dealkylation sites (tertiary alicyclic amines) is 1. The molecular formula is C15H25NO5. The van der Waals surface area contributed by atoms with Crippen molar-refractivity contribution < 1.29 is 24.2 Å². The first-order chi connectivity index (χ1) is 9.79. The molecule has 0 aliphatic carbocycles. The lowest BCUT2D eigenvalue weighted by atomic mass is 9.81. The van der Waals surface area contributed by atoms with Crippen LogP contribution in [-0.4, -0.2) is 53.5 Å². The van der Waals surface area contributed by atoms with Crippen LogP contribution >= 0.6 is 0 Å². The van der Waals surface area contributed by atoms with Crippen molar-refractivity contribution >= 4 is 12.1 Å². The number of aliphatic carboxylic acids is 1. The summed E-state index contributed by atoms with van der Waals surface area (Å²) < 4.78 is 10.7. The molecule has 0 aromatic rings. The lowest BCUT2D eigenvalue weighted by molar-refractivity contribution is -0.144. The zero-order valence-electron chi connectivity index (χ0n) is 13.0. The molecule has 0 aromatic heterocycles. The summed E-state index contributed by atoms with van der Waals surface area (Å²) in [5, 5.41) is 9.55. The van der Waals surface area contributed by atoms with Crippen LogP contribution in [0.4, 0.5) is 4.79 Å². The highest BCUT2D eigenvalue weighted by Crippen LogP contribution is 2.36. The highest BCUT2D eigenvalue weighted by Gasteiger charge is 2.46. The van der Waals surface area contributed by atoms with Gasteiger partial charge in [-0.1, -0.05) is 0 Å². The van der Waals surface area contributed by atoms with Crippen molar-refractivity contribution in [1.29, 1.82) is 0 Å².